The van der Waals surface area contributed by atoms with Crippen LogP contribution in [0, 0.1) is 12.8 Å². The van der Waals surface area contributed by atoms with Crippen LogP contribution in [0.3, 0.4) is 0 Å². The van der Waals surface area contributed by atoms with Gasteiger partial charge in [-0.05, 0) is 37.1 Å². The van der Waals surface area contributed by atoms with E-state index in [1.165, 1.54) is 26.4 Å². The predicted molar refractivity (Wildman–Crippen MR) is 116 cm³/mol. The van der Waals surface area contributed by atoms with Crippen LogP contribution in [0.5, 0.6) is 11.5 Å². The lowest BCUT2D eigenvalue weighted by molar-refractivity contribution is -0.150. The van der Waals surface area contributed by atoms with Crippen molar-refractivity contribution in [2.45, 2.75) is 26.8 Å². The molecule has 8 nitrogen and oxygen atoms in total. The molecule has 0 saturated heterocycles. The van der Waals surface area contributed by atoms with E-state index in [0.29, 0.717) is 17.2 Å². The van der Waals surface area contributed by atoms with Gasteiger partial charge in [-0.1, -0.05) is 31.5 Å². The molecule has 166 valence electrons. The summed E-state index contributed by atoms with van der Waals surface area (Å²) in [5, 5.41) is 5.31. The Labute approximate surface area is 181 Å². The molecule has 0 heterocycles. The molecule has 2 aromatic carbocycles. The Bertz CT molecular complexity index is 902. The molecular weight excluding hydrogens is 400 g/mol. The van der Waals surface area contributed by atoms with Crippen molar-refractivity contribution in [3.8, 4) is 11.5 Å². The second kappa shape index (κ2) is 11.0. The summed E-state index contributed by atoms with van der Waals surface area (Å²) in [4.78, 5) is 37.3. The first-order valence-electron chi connectivity index (χ1n) is 9.80. The Balaban J connectivity index is 1.99. The summed E-state index contributed by atoms with van der Waals surface area (Å²) in [7, 11) is 2.96. The van der Waals surface area contributed by atoms with E-state index < -0.39 is 30.4 Å². The molecule has 0 saturated carbocycles. The van der Waals surface area contributed by atoms with Crippen LogP contribution >= 0.6 is 0 Å². The van der Waals surface area contributed by atoms with Crippen LogP contribution in [0.15, 0.2) is 42.5 Å². The molecule has 0 unspecified atom stereocenters. The van der Waals surface area contributed by atoms with Crippen molar-refractivity contribution in [1.82, 2.24) is 5.32 Å². The fourth-order valence-electron chi connectivity index (χ4n) is 2.72. The largest absolute Gasteiger partial charge is 0.497 e. The number of esters is 1. The highest BCUT2D eigenvalue weighted by Gasteiger charge is 2.27. The molecule has 31 heavy (non-hydrogen) atoms. The lowest BCUT2D eigenvalue weighted by atomic mass is 10.0. The zero-order valence-electron chi connectivity index (χ0n) is 18.4. The topological polar surface area (TPSA) is 103 Å². The molecule has 0 aliphatic rings. The normalized spacial score (nSPS) is 11.4. The number of rotatable bonds is 9. The summed E-state index contributed by atoms with van der Waals surface area (Å²) in [5.74, 6) is -1.02. The van der Waals surface area contributed by atoms with Gasteiger partial charge in [-0.15, -0.1) is 0 Å². The number of methoxy groups -OCH3 is 2. The molecule has 1 atom stereocenters. The van der Waals surface area contributed by atoms with Gasteiger partial charge in [-0.3, -0.25) is 9.59 Å². The zero-order chi connectivity index (χ0) is 23.0. The standard InChI is InChI=1S/C23H28N2O6/c1-14(2)21(25-22(27)16-10-18(29-4)12-19(11-16)30-5)23(28)31-13-20(26)24-17-8-6-15(3)7-9-17/h6-12,14,21H,13H2,1-5H3,(H,24,26)(H,25,27)/t21-/m0/s1. The molecular formula is C23H28N2O6. The molecule has 0 aliphatic carbocycles. The van der Waals surface area contributed by atoms with E-state index in [1.54, 1.807) is 32.0 Å². The van der Waals surface area contributed by atoms with Gasteiger partial charge in [0.25, 0.3) is 11.8 Å². The van der Waals surface area contributed by atoms with Crippen molar-refractivity contribution < 1.29 is 28.6 Å². The van der Waals surface area contributed by atoms with E-state index >= 15 is 0 Å². The number of amides is 2. The molecule has 0 aliphatic heterocycles. The van der Waals surface area contributed by atoms with E-state index in [0.717, 1.165) is 5.56 Å². The van der Waals surface area contributed by atoms with Crippen LogP contribution in [0.25, 0.3) is 0 Å². The molecule has 8 heteroatoms. The minimum atomic E-state index is -0.933. The number of anilines is 1. The molecule has 2 rings (SSSR count). The number of carbonyl (C=O) groups is 3. The summed E-state index contributed by atoms with van der Waals surface area (Å²) < 4.78 is 15.5. The number of carbonyl (C=O) groups excluding carboxylic acids is 3. The predicted octanol–water partition coefficient (Wildman–Crippen LogP) is 2.95. The van der Waals surface area contributed by atoms with Gasteiger partial charge in [0, 0.05) is 17.3 Å². The molecule has 0 bridgehead atoms. The number of benzene rings is 2. The number of aryl methyl sites for hydroxylation is 1. The quantitative estimate of drug-likeness (QED) is 0.596. The smallest absolute Gasteiger partial charge is 0.329 e. The van der Waals surface area contributed by atoms with Gasteiger partial charge >= 0.3 is 5.97 Å². The molecule has 2 N–H and O–H groups in total. The van der Waals surface area contributed by atoms with Crippen molar-refractivity contribution in [2.24, 2.45) is 5.92 Å². The highest BCUT2D eigenvalue weighted by atomic mass is 16.5. The minimum Gasteiger partial charge on any atom is -0.497 e. The lowest BCUT2D eigenvalue weighted by Gasteiger charge is -2.21. The molecule has 0 aromatic heterocycles. The molecule has 0 fully saturated rings. The fraction of sp³-hybridized carbons (Fsp3) is 0.348. The minimum absolute atomic E-state index is 0.260. The third-order valence-electron chi connectivity index (χ3n) is 4.50. The summed E-state index contributed by atoms with van der Waals surface area (Å²) in [5.41, 5.74) is 1.94. The second-order valence-electron chi connectivity index (χ2n) is 7.32. The van der Waals surface area contributed by atoms with Crippen LogP contribution in [-0.4, -0.2) is 44.7 Å². The summed E-state index contributed by atoms with van der Waals surface area (Å²) in [6.07, 6.45) is 0. The molecule has 2 amide bonds. The molecule has 2 aromatic rings. The van der Waals surface area contributed by atoms with E-state index in [-0.39, 0.29) is 11.5 Å². The van der Waals surface area contributed by atoms with E-state index in [9.17, 15) is 14.4 Å². The number of hydrogen-bond donors (Lipinski definition) is 2. The summed E-state index contributed by atoms with van der Waals surface area (Å²) >= 11 is 0. The Kier molecular flexibility index (Phi) is 8.43. The first-order valence-corrected chi connectivity index (χ1v) is 9.80. The summed E-state index contributed by atoms with van der Waals surface area (Å²) in [6.45, 7) is 5.02. The van der Waals surface area contributed by atoms with Crippen LogP contribution in [0.4, 0.5) is 5.69 Å². The van der Waals surface area contributed by atoms with Gasteiger partial charge in [0.15, 0.2) is 6.61 Å². The van der Waals surface area contributed by atoms with Gasteiger partial charge < -0.3 is 24.8 Å². The van der Waals surface area contributed by atoms with Crippen LogP contribution < -0.4 is 20.1 Å². The van der Waals surface area contributed by atoms with Gasteiger partial charge in [0.2, 0.25) is 0 Å². The van der Waals surface area contributed by atoms with E-state index in [2.05, 4.69) is 10.6 Å². The zero-order valence-corrected chi connectivity index (χ0v) is 18.4. The van der Waals surface area contributed by atoms with Crippen molar-refractivity contribution >= 4 is 23.5 Å². The average Bonchev–Trinajstić information content (AvgIpc) is 2.76. The highest BCUT2D eigenvalue weighted by Crippen LogP contribution is 2.22. The number of hydrogen-bond acceptors (Lipinski definition) is 6. The third-order valence-corrected chi connectivity index (χ3v) is 4.50. The van der Waals surface area contributed by atoms with Gasteiger partial charge in [-0.25, -0.2) is 4.79 Å². The first kappa shape index (κ1) is 23.7. The highest BCUT2D eigenvalue weighted by molar-refractivity contribution is 5.98. The van der Waals surface area contributed by atoms with Crippen LogP contribution in [-0.2, 0) is 14.3 Å². The van der Waals surface area contributed by atoms with Crippen molar-refractivity contribution in [3.05, 3.63) is 53.6 Å². The Morgan fingerprint density at radius 2 is 1.52 bits per heavy atom. The monoisotopic (exact) mass is 428 g/mol. The first-order chi connectivity index (χ1) is 14.7. The third kappa shape index (κ3) is 7.02. The SMILES string of the molecule is COc1cc(OC)cc(C(=O)N[C@H](C(=O)OCC(=O)Nc2ccc(C)cc2)C(C)C)c1. The van der Waals surface area contributed by atoms with Gasteiger partial charge in [-0.2, -0.15) is 0 Å². The number of ether oxygens (including phenoxy) is 3. The molecule has 0 spiro atoms. The van der Waals surface area contributed by atoms with Crippen molar-refractivity contribution in [3.63, 3.8) is 0 Å². The Morgan fingerprint density at radius 1 is 0.935 bits per heavy atom. The Hall–Kier alpha value is -3.55. The van der Waals surface area contributed by atoms with Crippen LogP contribution in [0.2, 0.25) is 0 Å². The van der Waals surface area contributed by atoms with Gasteiger partial charge in [0.05, 0.1) is 14.2 Å². The number of nitrogens with one attached hydrogen (secondary N) is 2. The fourth-order valence-corrected chi connectivity index (χ4v) is 2.72. The maximum Gasteiger partial charge on any atom is 0.329 e. The van der Waals surface area contributed by atoms with Crippen molar-refractivity contribution in [1.29, 1.82) is 0 Å². The lowest BCUT2D eigenvalue weighted by Crippen LogP contribution is -2.46. The Morgan fingerprint density at radius 3 is 2.03 bits per heavy atom. The van der Waals surface area contributed by atoms with E-state index in [4.69, 9.17) is 14.2 Å². The summed E-state index contributed by atoms with van der Waals surface area (Å²) in [6, 6.07) is 11.0. The molecule has 0 radical (unpaired) electrons. The van der Waals surface area contributed by atoms with Crippen molar-refractivity contribution in [2.75, 3.05) is 26.1 Å². The van der Waals surface area contributed by atoms with E-state index in [1.807, 2.05) is 19.1 Å². The second-order valence-corrected chi connectivity index (χ2v) is 7.32. The van der Waals surface area contributed by atoms with Crippen LogP contribution in [0.1, 0.15) is 29.8 Å². The maximum atomic E-state index is 12.7. The maximum absolute atomic E-state index is 12.7. The van der Waals surface area contributed by atoms with Gasteiger partial charge in [0.1, 0.15) is 17.5 Å². The average molecular weight is 428 g/mol.